The van der Waals surface area contributed by atoms with Crippen molar-refractivity contribution in [3.05, 3.63) is 35.4 Å². The molecule has 23 heavy (non-hydrogen) atoms. The van der Waals surface area contributed by atoms with Crippen LogP contribution in [-0.2, 0) is 9.47 Å². The van der Waals surface area contributed by atoms with Gasteiger partial charge in [-0.05, 0) is 30.9 Å². The maximum absolute atomic E-state index is 12.2. The van der Waals surface area contributed by atoms with Crippen molar-refractivity contribution in [2.45, 2.75) is 52.9 Å². The van der Waals surface area contributed by atoms with Gasteiger partial charge in [-0.25, -0.2) is 9.59 Å². The van der Waals surface area contributed by atoms with Crippen LogP contribution < -0.4 is 0 Å². The Morgan fingerprint density at radius 2 is 1.48 bits per heavy atom. The van der Waals surface area contributed by atoms with E-state index < -0.39 is 11.9 Å². The molecule has 4 heteroatoms. The molecule has 0 aliphatic carbocycles. The van der Waals surface area contributed by atoms with Gasteiger partial charge in [-0.2, -0.15) is 0 Å². The molecule has 0 heterocycles. The quantitative estimate of drug-likeness (QED) is 0.466. The van der Waals surface area contributed by atoms with E-state index >= 15 is 0 Å². The highest BCUT2D eigenvalue weighted by molar-refractivity contribution is 6.03. The predicted octanol–water partition coefficient (Wildman–Crippen LogP) is 4.63. The van der Waals surface area contributed by atoms with E-state index in [9.17, 15) is 9.59 Å². The number of hydrogen-bond acceptors (Lipinski definition) is 4. The first-order chi connectivity index (χ1) is 11.1. The summed E-state index contributed by atoms with van der Waals surface area (Å²) >= 11 is 0. The first kappa shape index (κ1) is 19.2. The Kier molecular flexibility index (Phi) is 9.03. The molecule has 0 bridgehead atoms. The fourth-order valence-corrected chi connectivity index (χ4v) is 2.19. The van der Waals surface area contributed by atoms with E-state index in [2.05, 4.69) is 13.8 Å². The zero-order valence-corrected chi connectivity index (χ0v) is 14.5. The minimum absolute atomic E-state index is 0.269. The molecule has 128 valence electrons. The Labute approximate surface area is 139 Å². The molecule has 0 radical (unpaired) electrons. The lowest BCUT2D eigenvalue weighted by Gasteiger charge is -2.09. The molecule has 1 aromatic rings. The van der Waals surface area contributed by atoms with Crippen LogP contribution in [0.1, 0.15) is 73.6 Å². The summed E-state index contributed by atoms with van der Waals surface area (Å²) in [5, 5.41) is 0. The van der Waals surface area contributed by atoms with Crippen molar-refractivity contribution in [1.82, 2.24) is 0 Å². The van der Waals surface area contributed by atoms with E-state index in [-0.39, 0.29) is 11.1 Å². The van der Waals surface area contributed by atoms with Crippen LogP contribution in [0.5, 0.6) is 0 Å². The Morgan fingerprint density at radius 1 is 0.913 bits per heavy atom. The van der Waals surface area contributed by atoms with Gasteiger partial charge in [0.05, 0.1) is 24.3 Å². The number of benzene rings is 1. The van der Waals surface area contributed by atoms with Gasteiger partial charge in [-0.1, -0.05) is 52.2 Å². The summed E-state index contributed by atoms with van der Waals surface area (Å²) in [4.78, 5) is 24.1. The molecule has 0 spiro atoms. The number of esters is 2. The summed E-state index contributed by atoms with van der Waals surface area (Å²) in [6, 6.07) is 6.63. The molecule has 0 atom stereocenters. The van der Waals surface area contributed by atoms with Gasteiger partial charge in [-0.3, -0.25) is 0 Å². The Morgan fingerprint density at radius 3 is 2.00 bits per heavy atom. The van der Waals surface area contributed by atoms with Gasteiger partial charge in [0.25, 0.3) is 0 Å². The highest BCUT2D eigenvalue weighted by Gasteiger charge is 2.18. The molecule has 0 aliphatic rings. The molecule has 0 aliphatic heterocycles. The van der Waals surface area contributed by atoms with Crippen LogP contribution in [0.3, 0.4) is 0 Å². The number of rotatable bonds is 10. The molecule has 0 fully saturated rings. The fourth-order valence-electron chi connectivity index (χ4n) is 2.19. The predicted molar refractivity (Wildman–Crippen MR) is 90.6 cm³/mol. The molecule has 4 nitrogen and oxygen atoms in total. The smallest absolute Gasteiger partial charge is 0.339 e. The van der Waals surface area contributed by atoms with Crippen molar-refractivity contribution in [1.29, 1.82) is 0 Å². The maximum atomic E-state index is 12.2. The highest BCUT2D eigenvalue weighted by atomic mass is 16.5. The van der Waals surface area contributed by atoms with Gasteiger partial charge in [-0.15, -0.1) is 0 Å². The third-order valence-electron chi connectivity index (χ3n) is 3.46. The second kappa shape index (κ2) is 10.8. The molecular weight excluding hydrogens is 292 g/mol. The Hall–Kier alpha value is -1.84. The Balaban J connectivity index is 2.48. The first-order valence-electron chi connectivity index (χ1n) is 8.49. The van der Waals surface area contributed by atoms with E-state index in [1.807, 2.05) is 6.92 Å². The van der Waals surface area contributed by atoms with Crippen molar-refractivity contribution in [2.24, 2.45) is 5.92 Å². The lowest BCUT2D eigenvalue weighted by Crippen LogP contribution is -2.14. The molecule has 0 unspecified atom stereocenters. The number of unbranched alkanes of at least 4 members (excludes halogenated alkanes) is 2. The summed E-state index contributed by atoms with van der Waals surface area (Å²) in [5.74, 6) is -0.229. The number of ether oxygens (including phenoxy) is 2. The van der Waals surface area contributed by atoms with Gasteiger partial charge >= 0.3 is 11.9 Å². The van der Waals surface area contributed by atoms with Crippen molar-refractivity contribution < 1.29 is 19.1 Å². The van der Waals surface area contributed by atoms with Gasteiger partial charge in [0.2, 0.25) is 0 Å². The van der Waals surface area contributed by atoms with E-state index in [1.165, 1.54) is 6.42 Å². The van der Waals surface area contributed by atoms with Gasteiger partial charge in [0.15, 0.2) is 0 Å². The average molecular weight is 320 g/mol. The van der Waals surface area contributed by atoms with Crippen molar-refractivity contribution >= 4 is 11.9 Å². The molecule has 1 aromatic carbocycles. The monoisotopic (exact) mass is 320 g/mol. The molecule has 1 rings (SSSR count). The van der Waals surface area contributed by atoms with Crippen LogP contribution in [0.4, 0.5) is 0 Å². The average Bonchev–Trinajstić information content (AvgIpc) is 2.55. The van der Waals surface area contributed by atoms with Crippen LogP contribution in [-0.4, -0.2) is 25.2 Å². The van der Waals surface area contributed by atoms with E-state index in [4.69, 9.17) is 9.47 Å². The molecule has 0 saturated heterocycles. The standard InChI is InChI=1S/C19H28O4/c1-4-13-22-18(20)16-11-7-8-12-17(16)19(21)23-14-9-5-6-10-15(2)3/h7-8,11-12,15H,4-6,9-10,13-14H2,1-3H3. The number of carbonyl (C=O) groups is 2. The molecule has 0 N–H and O–H groups in total. The van der Waals surface area contributed by atoms with E-state index in [0.29, 0.717) is 19.1 Å². The fraction of sp³-hybridized carbons (Fsp3) is 0.579. The summed E-state index contributed by atoms with van der Waals surface area (Å²) in [6.07, 6.45) is 4.98. The molecule has 0 saturated carbocycles. The maximum Gasteiger partial charge on any atom is 0.339 e. The second-order valence-corrected chi connectivity index (χ2v) is 6.06. The van der Waals surface area contributed by atoms with Gasteiger partial charge < -0.3 is 9.47 Å². The lowest BCUT2D eigenvalue weighted by molar-refractivity contribution is 0.0454. The number of carbonyl (C=O) groups excluding carboxylic acids is 2. The zero-order valence-electron chi connectivity index (χ0n) is 14.5. The van der Waals surface area contributed by atoms with Gasteiger partial charge in [0, 0.05) is 0 Å². The third-order valence-corrected chi connectivity index (χ3v) is 3.46. The van der Waals surface area contributed by atoms with Crippen LogP contribution in [0.25, 0.3) is 0 Å². The van der Waals surface area contributed by atoms with Crippen LogP contribution in [0.15, 0.2) is 24.3 Å². The molecule has 0 amide bonds. The summed E-state index contributed by atoms with van der Waals surface area (Å²) in [7, 11) is 0. The summed E-state index contributed by atoms with van der Waals surface area (Å²) in [6.45, 7) is 7.06. The lowest BCUT2D eigenvalue weighted by atomic mass is 10.1. The normalized spacial score (nSPS) is 10.6. The number of hydrogen-bond donors (Lipinski definition) is 0. The minimum atomic E-state index is -0.476. The minimum Gasteiger partial charge on any atom is -0.462 e. The largest absolute Gasteiger partial charge is 0.462 e. The topological polar surface area (TPSA) is 52.6 Å². The molecular formula is C19H28O4. The van der Waals surface area contributed by atoms with Crippen LogP contribution >= 0.6 is 0 Å². The second-order valence-electron chi connectivity index (χ2n) is 6.06. The SMILES string of the molecule is CCCOC(=O)c1ccccc1C(=O)OCCCCCC(C)C. The van der Waals surface area contributed by atoms with Crippen molar-refractivity contribution in [3.63, 3.8) is 0 Å². The van der Waals surface area contributed by atoms with E-state index in [0.717, 1.165) is 25.7 Å². The summed E-state index contributed by atoms with van der Waals surface area (Å²) in [5.41, 5.74) is 0.543. The van der Waals surface area contributed by atoms with Crippen molar-refractivity contribution in [2.75, 3.05) is 13.2 Å². The van der Waals surface area contributed by atoms with Gasteiger partial charge in [0.1, 0.15) is 0 Å². The van der Waals surface area contributed by atoms with Crippen LogP contribution in [0, 0.1) is 5.92 Å². The van der Waals surface area contributed by atoms with Crippen molar-refractivity contribution in [3.8, 4) is 0 Å². The summed E-state index contributed by atoms with van der Waals surface area (Å²) < 4.78 is 10.4. The molecule has 0 aromatic heterocycles. The zero-order chi connectivity index (χ0) is 17.1. The van der Waals surface area contributed by atoms with Crippen LogP contribution in [0.2, 0.25) is 0 Å². The Bertz CT molecular complexity index is 494. The highest BCUT2D eigenvalue weighted by Crippen LogP contribution is 2.13. The van der Waals surface area contributed by atoms with E-state index in [1.54, 1.807) is 24.3 Å². The first-order valence-corrected chi connectivity index (χ1v) is 8.49. The third kappa shape index (κ3) is 7.31.